The van der Waals surface area contributed by atoms with Crippen LogP contribution in [0, 0.1) is 5.92 Å². The van der Waals surface area contributed by atoms with Gasteiger partial charge in [-0.1, -0.05) is 91.5 Å². The van der Waals surface area contributed by atoms with Gasteiger partial charge in [-0.2, -0.15) is 4.68 Å². The van der Waals surface area contributed by atoms with Gasteiger partial charge in [0.25, 0.3) is 5.91 Å². The molecule has 3 N–H and O–H groups in total. The molecule has 13 heteroatoms. The molecule has 264 valence electrons. The molecule has 51 heavy (non-hydrogen) atoms. The van der Waals surface area contributed by atoms with E-state index in [1.54, 1.807) is 28.9 Å². The Morgan fingerprint density at radius 2 is 1.67 bits per heavy atom. The number of rotatable bonds is 12. The minimum absolute atomic E-state index is 0.0443. The summed E-state index contributed by atoms with van der Waals surface area (Å²) in [7, 11) is 0. The molecule has 1 saturated heterocycles. The Hall–Kier alpha value is -5.08. The molecule has 0 radical (unpaired) electrons. The number of carbonyl (C=O) groups is 2. The first-order chi connectivity index (χ1) is 24.7. The van der Waals surface area contributed by atoms with Gasteiger partial charge in [0.1, 0.15) is 5.75 Å². The number of nitrogens with one attached hydrogen (secondary N) is 1. The molecule has 5 aromatic rings. The number of hydrogen-bond donors (Lipinski definition) is 3. The van der Waals surface area contributed by atoms with Crippen molar-refractivity contribution in [3.63, 3.8) is 0 Å². The van der Waals surface area contributed by atoms with Crippen LogP contribution in [0.5, 0.6) is 5.75 Å². The lowest BCUT2D eigenvalue weighted by Gasteiger charge is -2.41. The van der Waals surface area contributed by atoms with E-state index >= 15 is 0 Å². The molecule has 5 unspecified atom stereocenters. The number of aliphatic hydroxyl groups is 1. The number of nitrogens with zero attached hydrogens (tertiary/aromatic N) is 4. The number of amides is 1. The van der Waals surface area contributed by atoms with Crippen LogP contribution in [0.3, 0.4) is 0 Å². The summed E-state index contributed by atoms with van der Waals surface area (Å²) in [6.07, 6.45) is -2.11. The standard InChI is InChI=1S/C38H39N5O7S/c1-23-34(22-51-38-40-41-42-43(38)31-16-18-32(46)19-17-31)49-37(50-35(23)28-10-8-26(21-44)9-11-28)29-14-12-27(13-15-29)33-7-5-4-6-30(33)20-39-36(47)24(2)48-25(3)45/h4-19,23-24,34-35,37,44,46H,20-22H2,1-3H3,(H,39,47). The molecule has 1 aliphatic heterocycles. The first kappa shape index (κ1) is 35.7. The highest BCUT2D eigenvalue weighted by Gasteiger charge is 2.38. The summed E-state index contributed by atoms with van der Waals surface area (Å²) in [5, 5.41) is 35.0. The Labute approximate surface area is 299 Å². The van der Waals surface area contributed by atoms with Gasteiger partial charge in [0, 0.05) is 30.7 Å². The maximum Gasteiger partial charge on any atom is 0.303 e. The summed E-state index contributed by atoms with van der Waals surface area (Å²) in [5.74, 6) is -0.236. The maximum atomic E-state index is 12.5. The van der Waals surface area contributed by atoms with Gasteiger partial charge in [0.2, 0.25) is 5.16 Å². The minimum atomic E-state index is -0.889. The van der Waals surface area contributed by atoms with Crippen molar-refractivity contribution in [2.75, 3.05) is 5.75 Å². The molecule has 0 bridgehead atoms. The molecule has 4 aromatic carbocycles. The van der Waals surface area contributed by atoms with E-state index in [-0.39, 0.29) is 42.9 Å². The summed E-state index contributed by atoms with van der Waals surface area (Å²) >= 11 is 1.47. The van der Waals surface area contributed by atoms with E-state index in [0.29, 0.717) is 10.9 Å². The fraction of sp³-hybridized carbons (Fsp3) is 0.289. The van der Waals surface area contributed by atoms with Gasteiger partial charge in [0.05, 0.1) is 24.5 Å². The third kappa shape index (κ3) is 8.63. The molecule has 1 aromatic heterocycles. The topological polar surface area (TPSA) is 158 Å². The van der Waals surface area contributed by atoms with E-state index in [1.807, 2.05) is 72.8 Å². The zero-order valence-corrected chi connectivity index (χ0v) is 29.2. The molecule has 12 nitrogen and oxygen atoms in total. The largest absolute Gasteiger partial charge is 0.508 e. The van der Waals surface area contributed by atoms with E-state index in [0.717, 1.165) is 39.1 Å². The van der Waals surface area contributed by atoms with Gasteiger partial charge in [0.15, 0.2) is 12.4 Å². The number of ether oxygens (including phenoxy) is 3. The summed E-state index contributed by atoms with van der Waals surface area (Å²) < 4.78 is 19.9. The number of aromatic hydroxyl groups is 1. The molecule has 2 heterocycles. The molecule has 0 saturated carbocycles. The van der Waals surface area contributed by atoms with Gasteiger partial charge < -0.3 is 29.7 Å². The second-order valence-electron chi connectivity index (χ2n) is 12.3. The predicted molar refractivity (Wildman–Crippen MR) is 189 cm³/mol. The summed E-state index contributed by atoms with van der Waals surface area (Å²) in [6, 6.07) is 30.2. The van der Waals surface area contributed by atoms with E-state index in [9.17, 15) is 19.8 Å². The van der Waals surface area contributed by atoms with E-state index in [1.165, 1.54) is 25.6 Å². The number of phenolic OH excluding ortho intramolecular Hbond substituents is 1. The third-order valence-corrected chi connectivity index (χ3v) is 9.72. The van der Waals surface area contributed by atoms with Crippen LogP contribution in [-0.2, 0) is 37.0 Å². The van der Waals surface area contributed by atoms with Crippen molar-refractivity contribution in [2.24, 2.45) is 5.92 Å². The Balaban J connectivity index is 1.21. The fourth-order valence-electron chi connectivity index (χ4n) is 5.90. The van der Waals surface area contributed by atoms with Gasteiger partial charge in [-0.3, -0.25) is 9.59 Å². The predicted octanol–water partition coefficient (Wildman–Crippen LogP) is 5.68. The molecular formula is C38H39N5O7S. The van der Waals surface area contributed by atoms with Crippen molar-refractivity contribution in [1.82, 2.24) is 25.5 Å². The lowest BCUT2D eigenvalue weighted by molar-refractivity contribution is -0.268. The maximum absolute atomic E-state index is 12.5. The van der Waals surface area contributed by atoms with E-state index in [4.69, 9.17) is 14.2 Å². The van der Waals surface area contributed by atoms with Crippen molar-refractivity contribution < 1.29 is 34.0 Å². The molecule has 6 rings (SSSR count). The lowest BCUT2D eigenvalue weighted by atomic mass is 9.91. The third-order valence-electron chi connectivity index (χ3n) is 8.71. The highest BCUT2D eigenvalue weighted by molar-refractivity contribution is 7.99. The number of benzene rings is 4. The number of aliphatic hydroxyl groups excluding tert-OH is 1. The highest BCUT2D eigenvalue weighted by atomic mass is 32.2. The number of tetrazole rings is 1. The molecule has 1 aliphatic rings. The van der Waals surface area contributed by atoms with Crippen LogP contribution in [0.2, 0.25) is 0 Å². The Morgan fingerprint density at radius 3 is 2.37 bits per heavy atom. The Morgan fingerprint density at radius 1 is 0.961 bits per heavy atom. The second-order valence-corrected chi connectivity index (χ2v) is 13.3. The van der Waals surface area contributed by atoms with Crippen molar-refractivity contribution in [1.29, 1.82) is 0 Å². The van der Waals surface area contributed by atoms with Crippen molar-refractivity contribution >= 4 is 23.6 Å². The van der Waals surface area contributed by atoms with Crippen LogP contribution in [0.1, 0.15) is 55.4 Å². The number of aromatic nitrogens is 4. The monoisotopic (exact) mass is 709 g/mol. The number of esters is 1. The van der Waals surface area contributed by atoms with E-state index < -0.39 is 18.4 Å². The average molecular weight is 710 g/mol. The van der Waals surface area contributed by atoms with Gasteiger partial charge in [-0.15, -0.1) is 5.10 Å². The van der Waals surface area contributed by atoms with Crippen molar-refractivity contribution in [3.05, 3.63) is 119 Å². The van der Waals surface area contributed by atoms with Crippen molar-refractivity contribution in [3.8, 4) is 22.6 Å². The highest BCUT2D eigenvalue weighted by Crippen LogP contribution is 2.43. The summed E-state index contributed by atoms with van der Waals surface area (Å²) in [4.78, 5) is 23.8. The number of phenols is 1. The molecule has 1 fully saturated rings. The summed E-state index contributed by atoms with van der Waals surface area (Å²) in [5.41, 5.74) is 6.17. The zero-order chi connectivity index (χ0) is 35.9. The smallest absolute Gasteiger partial charge is 0.303 e. The van der Waals surface area contributed by atoms with Gasteiger partial charge >= 0.3 is 5.97 Å². The second kappa shape index (κ2) is 16.3. The average Bonchev–Trinajstić information content (AvgIpc) is 3.62. The Kier molecular flexibility index (Phi) is 11.4. The number of carbonyl (C=O) groups excluding carboxylic acids is 2. The van der Waals surface area contributed by atoms with Crippen molar-refractivity contribution in [2.45, 2.75) is 63.7 Å². The normalized spacial score (nSPS) is 19.3. The molecule has 0 spiro atoms. The van der Waals surface area contributed by atoms with Crippen LogP contribution in [0.25, 0.3) is 16.8 Å². The number of hydrogen-bond acceptors (Lipinski definition) is 11. The minimum Gasteiger partial charge on any atom is -0.508 e. The van der Waals surface area contributed by atoms with Gasteiger partial charge in [-0.05, 0) is 69.4 Å². The fourth-order valence-corrected chi connectivity index (χ4v) is 6.95. The molecule has 1 amide bonds. The summed E-state index contributed by atoms with van der Waals surface area (Å²) in [6.45, 7) is 5.13. The van der Waals surface area contributed by atoms with Crippen LogP contribution < -0.4 is 5.32 Å². The first-order valence-electron chi connectivity index (χ1n) is 16.5. The van der Waals surface area contributed by atoms with Gasteiger partial charge in [-0.25, -0.2) is 0 Å². The van der Waals surface area contributed by atoms with Crippen LogP contribution in [0.15, 0.2) is 102 Å². The molecule has 0 aliphatic carbocycles. The van der Waals surface area contributed by atoms with E-state index in [2.05, 4.69) is 27.8 Å². The Bertz CT molecular complexity index is 1940. The van der Waals surface area contributed by atoms with Crippen LogP contribution in [-0.4, -0.2) is 60.3 Å². The first-order valence-corrected chi connectivity index (χ1v) is 17.5. The SMILES string of the molecule is CC(=O)OC(C)C(=O)NCc1ccccc1-c1ccc(C2OC(CSc3nnnn3-c3ccc(O)cc3)C(C)C(c3ccc(CO)cc3)O2)cc1. The lowest BCUT2D eigenvalue weighted by Crippen LogP contribution is -2.38. The number of thioether (sulfide) groups is 1. The quantitative estimate of drug-likeness (QED) is 0.108. The van der Waals surface area contributed by atoms with Crippen LogP contribution >= 0.6 is 11.8 Å². The molecular weight excluding hydrogens is 671 g/mol. The zero-order valence-electron chi connectivity index (χ0n) is 28.4. The molecule has 5 atom stereocenters. The van der Waals surface area contributed by atoms with Crippen LogP contribution in [0.4, 0.5) is 0 Å².